The van der Waals surface area contributed by atoms with Crippen LogP contribution < -0.4 is 10.1 Å². The number of ether oxygens (including phenoxy) is 4. The van der Waals surface area contributed by atoms with E-state index in [9.17, 15) is 9.90 Å². The molecule has 0 fully saturated rings. The Morgan fingerprint density at radius 2 is 1.84 bits per heavy atom. The highest BCUT2D eigenvalue weighted by Crippen LogP contribution is 2.32. The molecule has 38 heavy (non-hydrogen) atoms. The van der Waals surface area contributed by atoms with Gasteiger partial charge in [0.1, 0.15) is 23.5 Å². The lowest BCUT2D eigenvalue weighted by Gasteiger charge is -2.36. The Morgan fingerprint density at radius 3 is 2.55 bits per heavy atom. The number of carboxylic acid groups (broad SMARTS) is 1. The highest BCUT2D eigenvalue weighted by Gasteiger charge is 2.40. The molecule has 7 heteroatoms. The SMILES string of the molecule is CCOC(CCc1ccc(OCCC2=CO[C@@](C)(c3ccccc3)N2)cc1)OC1(C)C=CC=CC1C(=O)O. The van der Waals surface area contributed by atoms with Crippen molar-refractivity contribution in [3.63, 3.8) is 0 Å². The van der Waals surface area contributed by atoms with E-state index in [1.54, 1.807) is 31.4 Å². The second-order valence-electron chi connectivity index (χ2n) is 9.81. The Labute approximate surface area is 224 Å². The molecule has 2 N–H and O–H groups in total. The van der Waals surface area contributed by atoms with E-state index >= 15 is 0 Å². The number of rotatable bonds is 13. The van der Waals surface area contributed by atoms with Crippen LogP contribution in [0, 0.1) is 5.92 Å². The van der Waals surface area contributed by atoms with Gasteiger partial charge < -0.3 is 29.4 Å². The first kappa shape index (κ1) is 27.5. The molecule has 0 spiro atoms. The maximum atomic E-state index is 11.7. The molecule has 3 unspecified atom stereocenters. The third kappa shape index (κ3) is 6.85. The van der Waals surface area contributed by atoms with Crippen molar-refractivity contribution < 1.29 is 28.8 Å². The van der Waals surface area contributed by atoms with Crippen LogP contribution in [0.25, 0.3) is 0 Å². The first-order valence-electron chi connectivity index (χ1n) is 13.1. The number of hydrogen-bond donors (Lipinski definition) is 2. The van der Waals surface area contributed by atoms with Crippen molar-refractivity contribution in [2.24, 2.45) is 5.92 Å². The summed E-state index contributed by atoms with van der Waals surface area (Å²) in [4.78, 5) is 11.7. The van der Waals surface area contributed by atoms with E-state index < -0.39 is 29.5 Å². The van der Waals surface area contributed by atoms with Crippen LogP contribution in [0.2, 0.25) is 0 Å². The highest BCUT2D eigenvalue weighted by atomic mass is 16.7. The quantitative estimate of drug-likeness (QED) is 0.329. The molecule has 4 rings (SSSR count). The van der Waals surface area contributed by atoms with Crippen LogP contribution in [0.3, 0.4) is 0 Å². The largest absolute Gasteiger partial charge is 0.493 e. The molecule has 4 atom stereocenters. The van der Waals surface area contributed by atoms with E-state index in [1.807, 2.05) is 74.5 Å². The van der Waals surface area contributed by atoms with Crippen LogP contribution in [-0.4, -0.2) is 36.2 Å². The molecular formula is C31H37NO6. The fourth-order valence-corrected chi connectivity index (χ4v) is 4.69. The Bertz CT molecular complexity index is 1160. The predicted octanol–water partition coefficient (Wildman–Crippen LogP) is 5.69. The van der Waals surface area contributed by atoms with Crippen molar-refractivity contribution in [2.75, 3.05) is 13.2 Å². The topological polar surface area (TPSA) is 86.3 Å². The molecule has 0 saturated heterocycles. The number of carboxylic acids is 1. The minimum atomic E-state index is -0.967. The summed E-state index contributed by atoms with van der Waals surface area (Å²) in [6.07, 6.45) is 10.3. The van der Waals surface area contributed by atoms with E-state index in [0.717, 1.165) is 29.0 Å². The summed E-state index contributed by atoms with van der Waals surface area (Å²) in [5.74, 6) is -0.884. The van der Waals surface area contributed by atoms with Gasteiger partial charge in [-0.25, -0.2) is 0 Å². The number of carbonyl (C=O) groups is 1. The Kier molecular flexibility index (Phi) is 8.92. The van der Waals surface area contributed by atoms with Crippen molar-refractivity contribution in [3.05, 3.63) is 102 Å². The minimum Gasteiger partial charge on any atom is -0.493 e. The maximum absolute atomic E-state index is 11.7. The molecule has 0 bridgehead atoms. The molecule has 7 nitrogen and oxygen atoms in total. The second-order valence-corrected chi connectivity index (χ2v) is 9.81. The molecule has 1 aliphatic carbocycles. The van der Waals surface area contributed by atoms with Gasteiger partial charge in [-0.3, -0.25) is 4.79 Å². The zero-order chi connectivity index (χ0) is 27.0. The van der Waals surface area contributed by atoms with Gasteiger partial charge in [-0.05, 0) is 44.9 Å². The standard InChI is InChI=1S/C31H37NO6/c1-4-35-28(38-30(2)20-9-8-12-27(30)29(33)34)18-15-23-13-16-26(17-14-23)36-21-19-25-22-37-31(3,32-25)24-10-6-5-7-11-24/h5-14,16-17,20,22,27-28,32H,4,15,18-19,21H2,1-3H3,(H,33,34)/t27?,28?,30?,31-/m0/s1. The van der Waals surface area contributed by atoms with Gasteiger partial charge in [0.15, 0.2) is 6.29 Å². The maximum Gasteiger partial charge on any atom is 0.313 e. The highest BCUT2D eigenvalue weighted by molar-refractivity contribution is 5.75. The van der Waals surface area contributed by atoms with E-state index in [0.29, 0.717) is 26.1 Å². The Hall–Kier alpha value is -3.55. The van der Waals surface area contributed by atoms with Crippen LogP contribution in [0.5, 0.6) is 5.75 Å². The summed E-state index contributed by atoms with van der Waals surface area (Å²) in [6.45, 7) is 6.71. The van der Waals surface area contributed by atoms with Crippen LogP contribution in [-0.2, 0) is 31.2 Å². The smallest absolute Gasteiger partial charge is 0.313 e. The molecule has 1 aliphatic heterocycles. The predicted molar refractivity (Wildman–Crippen MR) is 145 cm³/mol. The molecular weight excluding hydrogens is 482 g/mol. The first-order chi connectivity index (χ1) is 18.3. The van der Waals surface area contributed by atoms with Crippen LogP contribution in [0.1, 0.15) is 44.7 Å². The van der Waals surface area contributed by atoms with Crippen LogP contribution >= 0.6 is 0 Å². The normalized spacial score (nSPS) is 24.8. The molecule has 2 aromatic carbocycles. The van der Waals surface area contributed by atoms with Gasteiger partial charge in [-0.15, -0.1) is 0 Å². The van der Waals surface area contributed by atoms with E-state index in [1.165, 1.54) is 0 Å². The third-order valence-corrected chi connectivity index (χ3v) is 6.86. The average molecular weight is 520 g/mol. The number of hydrogen-bond acceptors (Lipinski definition) is 6. The molecule has 0 aromatic heterocycles. The number of aliphatic carboxylic acids is 1. The van der Waals surface area contributed by atoms with Crippen molar-refractivity contribution in [3.8, 4) is 5.75 Å². The lowest BCUT2D eigenvalue weighted by molar-refractivity contribution is -0.205. The molecule has 1 heterocycles. The summed E-state index contributed by atoms with van der Waals surface area (Å²) in [5, 5.41) is 13.1. The third-order valence-electron chi connectivity index (χ3n) is 6.86. The van der Waals surface area contributed by atoms with Gasteiger partial charge >= 0.3 is 5.97 Å². The molecule has 0 amide bonds. The fourth-order valence-electron chi connectivity index (χ4n) is 4.69. The van der Waals surface area contributed by atoms with Crippen LogP contribution in [0.15, 0.2) is 90.9 Å². The molecule has 0 radical (unpaired) electrons. The zero-order valence-corrected chi connectivity index (χ0v) is 22.3. The molecule has 0 saturated carbocycles. The summed E-state index contributed by atoms with van der Waals surface area (Å²) < 4.78 is 23.9. The van der Waals surface area contributed by atoms with Gasteiger partial charge in [0.2, 0.25) is 5.72 Å². The summed E-state index contributed by atoms with van der Waals surface area (Å²) in [6, 6.07) is 18.1. The molecule has 2 aliphatic rings. The van der Waals surface area contributed by atoms with Gasteiger partial charge in [-0.2, -0.15) is 0 Å². The van der Waals surface area contributed by atoms with Crippen molar-refractivity contribution in [1.29, 1.82) is 0 Å². The zero-order valence-electron chi connectivity index (χ0n) is 22.3. The number of allylic oxidation sites excluding steroid dienone is 2. The van der Waals surface area contributed by atoms with E-state index in [2.05, 4.69) is 5.32 Å². The van der Waals surface area contributed by atoms with Crippen LogP contribution in [0.4, 0.5) is 0 Å². The second kappa shape index (κ2) is 12.3. The summed E-state index contributed by atoms with van der Waals surface area (Å²) in [7, 11) is 0. The molecule has 2 aromatic rings. The first-order valence-corrected chi connectivity index (χ1v) is 13.1. The lowest BCUT2D eigenvalue weighted by Crippen LogP contribution is -2.44. The van der Waals surface area contributed by atoms with Crippen molar-refractivity contribution in [2.45, 2.75) is 57.6 Å². The Balaban J connectivity index is 1.24. The minimum absolute atomic E-state index is 0.478. The van der Waals surface area contributed by atoms with Gasteiger partial charge in [-0.1, -0.05) is 66.8 Å². The number of benzene rings is 2. The van der Waals surface area contributed by atoms with Gasteiger partial charge in [0.25, 0.3) is 0 Å². The van der Waals surface area contributed by atoms with E-state index in [-0.39, 0.29) is 0 Å². The lowest BCUT2D eigenvalue weighted by atomic mass is 9.85. The monoisotopic (exact) mass is 519 g/mol. The average Bonchev–Trinajstić information content (AvgIpc) is 3.30. The van der Waals surface area contributed by atoms with Gasteiger partial charge in [0, 0.05) is 25.0 Å². The molecule has 202 valence electrons. The van der Waals surface area contributed by atoms with Gasteiger partial charge in [0.05, 0.1) is 12.3 Å². The van der Waals surface area contributed by atoms with Crippen molar-refractivity contribution in [1.82, 2.24) is 5.32 Å². The van der Waals surface area contributed by atoms with Crippen molar-refractivity contribution >= 4 is 5.97 Å². The van der Waals surface area contributed by atoms with E-state index in [4.69, 9.17) is 18.9 Å². The number of nitrogens with one attached hydrogen (secondary N) is 1. The summed E-state index contributed by atoms with van der Waals surface area (Å²) >= 11 is 0. The fraction of sp³-hybridized carbons (Fsp3) is 0.387. The Morgan fingerprint density at radius 1 is 1.08 bits per heavy atom. The number of aryl methyl sites for hydroxylation is 1. The summed E-state index contributed by atoms with van der Waals surface area (Å²) in [5.41, 5.74) is 1.67.